The van der Waals surface area contributed by atoms with Crippen LogP contribution in [0.2, 0.25) is 5.02 Å². The molecule has 0 unspecified atom stereocenters. The first-order chi connectivity index (χ1) is 9.20. The first-order valence-corrected chi connectivity index (χ1v) is 5.95. The Kier molecular flexibility index (Phi) is 2.73. The van der Waals surface area contributed by atoms with Crippen LogP contribution in [0.25, 0.3) is 22.1 Å². The summed E-state index contributed by atoms with van der Waals surface area (Å²) < 4.78 is 18.9. The Labute approximate surface area is 113 Å². The first-order valence-electron chi connectivity index (χ1n) is 5.58. The van der Waals surface area contributed by atoms with Gasteiger partial charge in [0.05, 0.1) is 5.02 Å². The first kappa shape index (κ1) is 11.8. The van der Waals surface area contributed by atoms with E-state index in [-0.39, 0.29) is 10.8 Å². The van der Waals surface area contributed by atoms with Gasteiger partial charge in [0.1, 0.15) is 11.9 Å². The van der Waals surface area contributed by atoms with Crippen LogP contribution < -0.4 is 0 Å². The molecular formula is C15H7ClFNO. The highest BCUT2D eigenvalue weighted by atomic mass is 35.5. The highest BCUT2D eigenvalue weighted by Crippen LogP contribution is 2.38. The van der Waals surface area contributed by atoms with E-state index >= 15 is 0 Å². The van der Waals surface area contributed by atoms with Gasteiger partial charge in [0.2, 0.25) is 5.76 Å². The SMILES string of the molecule is N#Cc1oc2c(Cl)cc(F)cc2c1-c1ccccc1. The summed E-state index contributed by atoms with van der Waals surface area (Å²) in [5.41, 5.74) is 1.69. The molecule has 1 aromatic heterocycles. The lowest BCUT2D eigenvalue weighted by Crippen LogP contribution is -1.80. The van der Waals surface area contributed by atoms with Crippen molar-refractivity contribution in [2.24, 2.45) is 0 Å². The maximum Gasteiger partial charge on any atom is 0.212 e. The van der Waals surface area contributed by atoms with Gasteiger partial charge in [-0.2, -0.15) is 5.26 Å². The van der Waals surface area contributed by atoms with Crippen LogP contribution in [0.4, 0.5) is 4.39 Å². The zero-order valence-corrected chi connectivity index (χ0v) is 10.4. The maximum atomic E-state index is 13.5. The van der Waals surface area contributed by atoms with Gasteiger partial charge in [0.25, 0.3) is 0 Å². The van der Waals surface area contributed by atoms with Gasteiger partial charge in [-0.3, -0.25) is 0 Å². The smallest absolute Gasteiger partial charge is 0.212 e. The number of furan rings is 1. The Balaban J connectivity index is 2.44. The molecule has 0 spiro atoms. The average molecular weight is 272 g/mol. The summed E-state index contributed by atoms with van der Waals surface area (Å²) in [4.78, 5) is 0. The summed E-state index contributed by atoms with van der Waals surface area (Å²) in [6.07, 6.45) is 0. The Hall–Kier alpha value is -2.31. The maximum absolute atomic E-state index is 13.5. The molecule has 2 aromatic carbocycles. The van der Waals surface area contributed by atoms with Crippen molar-refractivity contribution in [3.63, 3.8) is 0 Å². The highest BCUT2D eigenvalue weighted by Gasteiger charge is 2.18. The standard InChI is InChI=1S/C15H7ClFNO/c16-12-7-10(17)6-11-14(9-4-2-1-3-5-9)13(8-18)19-15(11)12/h1-7H. The van der Waals surface area contributed by atoms with E-state index in [0.717, 1.165) is 5.56 Å². The lowest BCUT2D eigenvalue weighted by molar-refractivity contribution is 0.597. The van der Waals surface area contributed by atoms with Crippen molar-refractivity contribution >= 4 is 22.6 Å². The lowest BCUT2D eigenvalue weighted by Gasteiger charge is -1.99. The number of rotatable bonds is 1. The minimum absolute atomic E-state index is 0.133. The van der Waals surface area contributed by atoms with E-state index in [1.807, 2.05) is 36.4 Å². The Morgan fingerprint density at radius 2 is 1.89 bits per heavy atom. The van der Waals surface area contributed by atoms with Gasteiger partial charge in [0.15, 0.2) is 5.58 Å². The molecule has 0 saturated carbocycles. The fourth-order valence-corrected chi connectivity index (χ4v) is 2.34. The molecule has 0 N–H and O–H groups in total. The molecule has 0 bridgehead atoms. The van der Waals surface area contributed by atoms with E-state index in [0.29, 0.717) is 16.5 Å². The third-order valence-corrected chi connectivity index (χ3v) is 3.15. The zero-order valence-electron chi connectivity index (χ0n) is 9.65. The molecule has 0 aliphatic heterocycles. The number of fused-ring (bicyclic) bond motifs is 1. The molecule has 3 aromatic rings. The predicted octanol–water partition coefficient (Wildman–Crippen LogP) is 4.76. The summed E-state index contributed by atoms with van der Waals surface area (Å²) in [5.74, 6) is -0.325. The fraction of sp³-hybridized carbons (Fsp3) is 0. The number of hydrogen-bond donors (Lipinski definition) is 0. The van der Waals surface area contributed by atoms with Crippen LogP contribution in [-0.4, -0.2) is 0 Å². The Morgan fingerprint density at radius 1 is 1.16 bits per heavy atom. The average Bonchev–Trinajstić information content (AvgIpc) is 2.78. The third-order valence-electron chi connectivity index (χ3n) is 2.87. The number of halogens is 2. The normalized spacial score (nSPS) is 10.6. The van der Waals surface area contributed by atoms with E-state index in [4.69, 9.17) is 21.3 Å². The van der Waals surface area contributed by atoms with Gasteiger partial charge in [-0.25, -0.2) is 4.39 Å². The molecule has 19 heavy (non-hydrogen) atoms. The third kappa shape index (κ3) is 1.87. The molecular weight excluding hydrogens is 265 g/mol. The zero-order chi connectivity index (χ0) is 13.4. The molecule has 3 rings (SSSR count). The van der Waals surface area contributed by atoms with Gasteiger partial charge in [-0.1, -0.05) is 41.9 Å². The topological polar surface area (TPSA) is 36.9 Å². The molecule has 0 aliphatic rings. The van der Waals surface area contributed by atoms with Crippen LogP contribution in [0.3, 0.4) is 0 Å². The van der Waals surface area contributed by atoms with Crippen LogP contribution >= 0.6 is 11.6 Å². The summed E-state index contributed by atoms with van der Waals surface area (Å²) >= 11 is 5.95. The summed E-state index contributed by atoms with van der Waals surface area (Å²) in [7, 11) is 0. The lowest BCUT2D eigenvalue weighted by atomic mass is 10.0. The van der Waals surface area contributed by atoms with Crippen molar-refractivity contribution in [3.05, 3.63) is 59.1 Å². The van der Waals surface area contributed by atoms with Crippen molar-refractivity contribution in [2.45, 2.75) is 0 Å². The number of nitriles is 1. The van der Waals surface area contributed by atoms with Crippen molar-refractivity contribution in [1.82, 2.24) is 0 Å². The van der Waals surface area contributed by atoms with Crippen molar-refractivity contribution < 1.29 is 8.81 Å². The number of benzene rings is 2. The van der Waals surface area contributed by atoms with Crippen LogP contribution in [0.1, 0.15) is 5.76 Å². The molecule has 2 nitrogen and oxygen atoms in total. The van der Waals surface area contributed by atoms with E-state index < -0.39 is 5.82 Å². The van der Waals surface area contributed by atoms with Gasteiger partial charge in [-0.15, -0.1) is 0 Å². The Bertz CT molecular complexity index is 802. The molecule has 4 heteroatoms. The number of nitrogens with zero attached hydrogens (tertiary/aromatic N) is 1. The van der Waals surface area contributed by atoms with Crippen molar-refractivity contribution in [2.75, 3.05) is 0 Å². The second-order valence-electron chi connectivity index (χ2n) is 4.05. The molecule has 0 aliphatic carbocycles. The van der Waals surface area contributed by atoms with Crippen LogP contribution in [0, 0.1) is 17.1 Å². The van der Waals surface area contributed by atoms with Crippen LogP contribution in [-0.2, 0) is 0 Å². The Morgan fingerprint density at radius 3 is 2.58 bits per heavy atom. The highest BCUT2D eigenvalue weighted by molar-refractivity contribution is 6.35. The number of hydrogen-bond acceptors (Lipinski definition) is 2. The molecule has 0 atom stereocenters. The van der Waals surface area contributed by atoms with Gasteiger partial charge in [0, 0.05) is 10.9 Å². The van der Waals surface area contributed by atoms with Gasteiger partial charge in [-0.05, 0) is 17.7 Å². The van der Waals surface area contributed by atoms with Crippen molar-refractivity contribution in [3.8, 4) is 17.2 Å². The largest absolute Gasteiger partial charge is 0.443 e. The van der Waals surface area contributed by atoms with Gasteiger partial charge < -0.3 is 4.42 Å². The van der Waals surface area contributed by atoms with E-state index in [2.05, 4.69) is 0 Å². The van der Waals surface area contributed by atoms with E-state index in [9.17, 15) is 4.39 Å². The van der Waals surface area contributed by atoms with E-state index in [1.54, 1.807) is 0 Å². The quantitative estimate of drug-likeness (QED) is 0.639. The molecule has 92 valence electrons. The van der Waals surface area contributed by atoms with Crippen molar-refractivity contribution in [1.29, 1.82) is 5.26 Å². The van der Waals surface area contributed by atoms with E-state index in [1.165, 1.54) is 12.1 Å². The molecule has 0 radical (unpaired) electrons. The molecule has 0 fully saturated rings. The minimum Gasteiger partial charge on any atom is -0.443 e. The molecule has 0 amide bonds. The van der Waals surface area contributed by atoms with Gasteiger partial charge >= 0.3 is 0 Å². The second-order valence-corrected chi connectivity index (χ2v) is 4.46. The predicted molar refractivity (Wildman–Crippen MR) is 71.3 cm³/mol. The van der Waals surface area contributed by atoms with Crippen LogP contribution in [0.15, 0.2) is 46.9 Å². The monoisotopic (exact) mass is 271 g/mol. The molecule has 0 saturated heterocycles. The fourth-order valence-electron chi connectivity index (χ4n) is 2.10. The second kappa shape index (κ2) is 4.42. The summed E-state index contributed by atoms with van der Waals surface area (Å²) in [6.45, 7) is 0. The summed E-state index contributed by atoms with van der Waals surface area (Å²) in [6, 6.07) is 13.7. The summed E-state index contributed by atoms with van der Waals surface area (Å²) in [5, 5.41) is 9.83. The molecule has 1 heterocycles. The minimum atomic E-state index is -0.458. The van der Waals surface area contributed by atoms with Crippen LogP contribution in [0.5, 0.6) is 0 Å².